The normalized spacial score (nSPS) is 15.9. The predicted octanol–water partition coefficient (Wildman–Crippen LogP) is 2.74. The minimum absolute atomic E-state index is 0.110. The monoisotopic (exact) mass is 358 g/mol. The van der Waals surface area contributed by atoms with Crippen LogP contribution in [0.3, 0.4) is 0 Å². The van der Waals surface area contributed by atoms with Crippen LogP contribution in [-0.4, -0.2) is 68.3 Å². The van der Waals surface area contributed by atoms with Crippen molar-refractivity contribution in [3.05, 3.63) is 30.7 Å². The van der Waals surface area contributed by atoms with E-state index in [1.54, 1.807) is 17.2 Å². The molecule has 0 atom stereocenters. The number of hydrogen-bond donors (Lipinski definition) is 2. The summed E-state index contributed by atoms with van der Waals surface area (Å²) in [6.45, 7) is 5.36. The topological polar surface area (TPSA) is 81.8 Å². The van der Waals surface area contributed by atoms with E-state index in [0.717, 1.165) is 38.9 Å². The SMILES string of the molecule is CCCN1CCC(N(C)C(=O)n2cnc(-c3ccc(O)c(O)c3)c2)CC1. The van der Waals surface area contributed by atoms with Gasteiger partial charge in [-0.15, -0.1) is 0 Å². The number of carbonyl (C=O) groups is 1. The van der Waals surface area contributed by atoms with E-state index >= 15 is 0 Å². The summed E-state index contributed by atoms with van der Waals surface area (Å²) >= 11 is 0. The highest BCUT2D eigenvalue weighted by molar-refractivity contribution is 5.78. The Bertz CT molecular complexity index is 766. The van der Waals surface area contributed by atoms with Crippen molar-refractivity contribution in [1.82, 2.24) is 19.4 Å². The number of aromatic nitrogens is 2. The van der Waals surface area contributed by atoms with Gasteiger partial charge in [0.05, 0.1) is 5.69 Å². The number of amides is 1. The van der Waals surface area contributed by atoms with E-state index in [-0.39, 0.29) is 23.6 Å². The summed E-state index contributed by atoms with van der Waals surface area (Å²) in [6, 6.07) is 4.61. The van der Waals surface area contributed by atoms with Crippen LogP contribution in [-0.2, 0) is 0 Å². The number of likely N-dealkylation sites (tertiary alicyclic amines) is 1. The number of phenols is 2. The van der Waals surface area contributed by atoms with E-state index < -0.39 is 0 Å². The van der Waals surface area contributed by atoms with Crippen LogP contribution in [0, 0.1) is 0 Å². The molecule has 0 bridgehead atoms. The molecular weight excluding hydrogens is 332 g/mol. The molecule has 2 aromatic rings. The lowest BCUT2D eigenvalue weighted by Gasteiger charge is -2.36. The number of phenolic OH excluding ortho intramolecular Hbond substituents is 2. The quantitative estimate of drug-likeness (QED) is 0.822. The van der Waals surface area contributed by atoms with Gasteiger partial charge in [0, 0.05) is 37.9 Å². The molecule has 0 radical (unpaired) electrons. The maximum atomic E-state index is 12.8. The molecule has 1 aliphatic rings. The van der Waals surface area contributed by atoms with Crippen molar-refractivity contribution in [1.29, 1.82) is 0 Å². The molecule has 0 unspecified atom stereocenters. The molecule has 1 aliphatic heterocycles. The molecule has 7 heteroatoms. The van der Waals surface area contributed by atoms with E-state index in [0.29, 0.717) is 11.3 Å². The zero-order valence-electron chi connectivity index (χ0n) is 15.3. The summed E-state index contributed by atoms with van der Waals surface area (Å²) in [7, 11) is 1.84. The minimum atomic E-state index is -0.209. The molecule has 1 aromatic heterocycles. The molecule has 0 saturated carbocycles. The van der Waals surface area contributed by atoms with Gasteiger partial charge in [0.25, 0.3) is 0 Å². The van der Waals surface area contributed by atoms with Crippen LogP contribution in [0.15, 0.2) is 30.7 Å². The second-order valence-electron chi connectivity index (χ2n) is 6.84. The van der Waals surface area contributed by atoms with E-state index in [1.165, 1.54) is 23.0 Å². The summed E-state index contributed by atoms with van der Waals surface area (Å²) in [5, 5.41) is 19.0. The minimum Gasteiger partial charge on any atom is -0.504 e. The maximum absolute atomic E-state index is 12.8. The Hall–Kier alpha value is -2.54. The van der Waals surface area contributed by atoms with Crippen molar-refractivity contribution in [2.24, 2.45) is 0 Å². The second kappa shape index (κ2) is 7.78. The third kappa shape index (κ3) is 3.83. The maximum Gasteiger partial charge on any atom is 0.329 e. The Morgan fingerprint density at radius 3 is 2.65 bits per heavy atom. The van der Waals surface area contributed by atoms with Crippen LogP contribution in [0.1, 0.15) is 26.2 Å². The first-order valence-electron chi connectivity index (χ1n) is 9.05. The molecule has 26 heavy (non-hydrogen) atoms. The lowest BCUT2D eigenvalue weighted by molar-refractivity contribution is 0.135. The first-order chi connectivity index (χ1) is 12.5. The third-order valence-corrected chi connectivity index (χ3v) is 5.02. The Morgan fingerprint density at radius 2 is 2.00 bits per heavy atom. The van der Waals surface area contributed by atoms with Gasteiger partial charge < -0.3 is 20.0 Å². The van der Waals surface area contributed by atoms with Gasteiger partial charge in [-0.2, -0.15) is 0 Å². The highest BCUT2D eigenvalue weighted by atomic mass is 16.3. The lowest BCUT2D eigenvalue weighted by Crippen LogP contribution is -2.46. The van der Waals surface area contributed by atoms with E-state index in [9.17, 15) is 15.0 Å². The standard InChI is InChI=1S/C19H26N4O3/c1-3-8-22-9-6-15(7-10-22)21(2)19(26)23-12-16(20-13-23)14-4-5-17(24)18(25)11-14/h4-5,11-13,15,24-25H,3,6-10H2,1-2H3. The van der Waals surface area contributed by atoms with Crippen LogP contribution in [0.2, 0.25) is 0 Å². The molecule has 1 fully saturated rings. The number of benzene rings is 1. The molecular formula is C19H26N4O3. The zero-order chi connectivity index (χ0) is 18.7. The summed E-state index contributed by atoms with van der Waals surface area (Å²) < 4.78 is 1.47. The molecule has 2 N–H and O–H groups in total. The summed E-state index contributed by atoms with van der Waals surface area (Å²) in [4.78, 5) is 21.3. The number of rotatable bonds is 4. The van der Waals surface area contributed by atoms with Crippen LogP contribution >= 0.6 is 0 Å². The van der Waals surface area contributed by atoms with Gasteiger partial charge in [-0.3, -0.25) is 4.57 Å². The molecule has 2 heterocycles. The van der Waals surface area contributed by atoms with Gasteiger partial charge in [-0.1, -0.05) is 6.92 Å². The van der Waals surface area contributed by atoms with Gasteiger partial charge in [0.2, 0.25) is 0 Å². The fraction of sp³-hybridized carbons (Fsp3) is 0.474. The van der Waals surface area contributed by atoms with Crippen LogP contribution in [0.25, 0.3) is 11.3 Å². The first-order valence-corrected chi connectivity index (χ1v) is 9.05. The van der Waals surface area contributed by atoms with Crippen molar-refractivity contribution in [3.63, 3.8) is 0 Å². The van der Waals surface area contributed by atoms with Gasteiger partial charge >= 0.3 is 6.03 Å². The van der Waals surface area contributed by atoms with E-state index in [2.05, 4.69) is 16.8 Å². The Morgan fingerprint density at radius 1 is 1.27 bits per heavy atom. The molecule has 140 valence electrons. The van der Waals surface area contributed by atoms with Gasteiger partial charge in [0.15, 0.2) is 11.5 Å². The number of carbonyl (C=O) groups excluding carboxylic acids is 1. The van der Waals surface area contributed by atoms with Crippen LogP contribution in [0.4, 0.5) is 4.79 Å². The average Bonchev–Trinajstić information content (AvgIpc) is 3.14. The van der Waals surface area contributed by atoms with Crippen molar-refractivity contribution in [2.75, 3.05) is 26.7 Å². The average molecular weight is 358 g/mol. The van der Waals surface area contributed by atoms with Crippen molar-refractivity contribution < 1.29 is 15.0 Å². The second-order valence-corrected chi connectivity index (χ2v) is 6.84. The Labute approximate surface area is 153 Å². The molecule has 3 rings (SSSR count). The highest BCUT2D eigenvalue weighted by Crippen LogP contribution is 2.29. The van der Waals surface area contributed by atoms with E-state index in [1.807, 2.05) is 7.05 Å². The van der Waals surface area contributed by atoms with Crippen molar-refractivity contribution in [2.45, 2.75) is 32.2 Å². The molecule has 7 nitrogen and oxygen atoms in total. The smallest absolute Gasteiger partial charge is 0.329 e. The fourth-order valence-corrected chi connectivity index (χ4v) is 3.44. The Balaban J connectivity index is 1.67. The van der Waals surface area contributed by atoms with Gasteiger partial charge in [0.1, 0.15) is 6.33 Å². The summed E-state index contributed by atoms with van der Waals surface area (Å²) in [5.41, 5.74) is 1.21. The zero-order valence-corrected chi connectivity index (χ0v) is 15.3. The molecule has 0 spiro atoms. The van der Waals surface area contributed by atoms with Gasteiger partial charge in [-0.25, -0.2) is 9.78 Å². The molecule has 1 saturated heterocycles. The number of aromatic hydroxyl groups is 2. The van der Waals surface area contributed by atoms with Crippen molar-refractivity contribution >= 4 is 6.03 Å². The molecule has 0 aliphatic carbocycles. The van der Waals surface area contributed by atoms with Crippen molar-refractivity contribution in [3.8, 4) is 22.8 Å². The largest absolute Gasteiger partial charge is 0.504 e. The molecule has 1 aromatic carbocycles. The number of piperidine rings is 1. The van der Waals surface area contributed by atoms with Gasteiger partial charge in [-0.05, 0) is 44.0 Å². The summed E-state index contributed by atoms with van der Waals surface area (Å²) in [5.74, 6) is -0.391. The summed E-state index contributed by atoms with van der Waals surface area (Å²) in [6.07, 6.45) is 6.26. The fourth-order valence-electron chi connectivity index (χ4n) is 3.44. The molecule has 1 amide bonds. The predicted molar refractivity (Wildman–Crippen MR) is 99.3 cm³/mol. The van der Waals surface area contributed by atoms with Crippen LogP contribution < -0.4 is 0 Å². The van der Waals surface area contributed by atoms with E-state index in [4.69, 9.17) is 0 Å². The third-order valence-electron chi connectivity index (χ3n) is 5.02. The first kappa shape index (κ1) is 18.3. The lowest BCUT2D eigenvalue weighted by atomic mass is 10.0. The van der Waals surface area contributed by atoms with Crippen LogP contribution in [0.5, 0.6) is 11.5 Å². The Kier molecular flexibility index (Phi) is 5.46. The number of hydrogen-bond acceptors (Lipinski definition) is 5. The number of nitrogens with zero attached hydrogens (tertiary/aromatic N) is 4. The highest BCUT2D eigenvalue weighted by Gasteiger charge is 2.26. The number of imidazole rings is 1.